The van der Waals surface area contributed by atoms with Gasteiger partial charge in [0.2, 0.25) is 0 Å². The van der Waals surface area contributed by atoms with Crippen LogP contribution >= 0.6 is 11.3 Å². The first-order valence-corrected chi connectivity index (χ1v) is 11.6. The van der Waals surface area contributed by atoms with E-state index in [9.17, 15) is 4.79 Å². The molecule has 1 aliphatic rings. The van der Waals surface area contributed by atoms with Crippen LogP contribution in [0.25, 0.3) is 10.2 Å². The number of nitrogen functional groups attached to an aromatic ring is 1. The molecule has 0 radical (unpaired) electrons. The van der Waals surface area contributed by atoms with E-state index >= 15 is 0 Å². The lowest BCUT2D eigenvalue weighted by Gasteiger charge is -2.22. The third-order valence-electron chi connectivity index (χ3n) is 5.84. The number of carboxylic acid groups (broad SMARTS) is 1. The number of benzene rings is 1. The Balaban J connectivity index is 1.64. The molecule has 1 aromatic carbocycles. The minimum Gasteiger partial charge on any atom is -0.492 e. The molecule has 3 aromatic rings. The lowest BCUT2D eigenvalue weighted by molar-refractivity contribution is -0.137. The van der Waals surface area contributed by atoms with Crippen molar-refractivity contribution in [2.24, 2.45) is 5.92 Å². The van der Waals surface area contributed by atoms with Crippen LogP contribution in [0, 0.1) is 11.3 Å². The Morgan fingerprint density at radius 1 is 1.44 bits per heavy atom. The van der Waals surface area contributed by atoms with E-state index < -0.39 is 5.97 Å². The fourth-order valence-corrected chi connectivity index (χ4v) is 5.60. The molecule has 2 aromatic heterocycles. The second kappa shape index (κ2) is 9.52. The van der Waals surface area contributed by atoms with Gasteiger partial charge in [-0.2, -0.15) is 0 Å². The first-order valence-electron chi connectivity index (χ1n) is 10.8. The standard InChI is InChI=1S/C23H27N5O3S/c1-2-31-18-10-16(25)14(11-24)9-17(18)28-22-21-15-7-6-13(4-3-5-20(29)30)8-19(15)32-23(21)27-12-26-22/h9-13,24H,2-8,25H2,1H3,(H,29,30)(H,26,27,28). The van der Waals surface area contributed by atoms with Crippen LogP contribution in [0.3, 0.4) is 0 Å². The molecule has 168 valence electrons. The van der Waals surface area contributed by atoms with Crippen LogP contribution in [0.15, 0.2) is 18.5 Å². The van der Waals surface area contributed by atoms with Crippen LogP contribution in [0.4, 0.5) is 17.2 Å². The molecule has 0 saturated heterocycles. The smallest absolute Gasteiger partial charge is 0.303 e. The average molecular weight is 454 g/mol. The van der Waals surface area contributed by atoms with E-state index in [1.165, 1.54) is 16.7 Å². The molecule has 0 saturated carbocycles. The molecule has 0 bridgehead atoms. The van der Waals surface area contributed by atoms with Crippen LogP contribution in [-0.4, -0.2) is 33.9 Å². The Hall–Kier alpha value is -3.20. The highest BCUT2D eigenvalue weighted by atomic mass is 32.1. The van der Waals surface area contributed by atoms with Gasteiger partial charge in [0.15, 0.2) is 0 Å². The van der Waals surface area contributed by atoms with Crippen LogP contribution in [0.1, 0.15) is 48.6 Å². The third-order valence-corrected chi connectivity index (χ3v) is 7.01. The molecule has 0 amide bonds. The minimum atomic E-state index is -0.727. The minimum absolute atomic E-state index is 0.233. The zero-order valence-corrected chi connectivity index (χ0v) is 18.8. The first kappa shape index (κ1) is 22.0. The van der Waals surface area contributed by atoms with Gasteiger partial charge in [-0.3, -0.25) is 4.79 Å². The maximum atomic E-state index is 10.8. The van der Waals surface area contributed by atoms with E-state index in [1.54, 1.807) is 29.8 Å². The predicted molar refractivity (Wildman–Crippen MR) is 128 cm³/mol. The number of ether oxygens (including phenoxy) is 1. The van der Waals surface area contributed by atoms with Crippen molar-refractivity contribution in [2.75, 3.05) is 17.7 Å². The molecule has 0 fully saturated rings. The molecule has 1 aliphatic carbocycles. The number of carboxylic acids is 1. The zero-order chi connectivity index (χ0) is 22.7. The van der Waals surface area contributed by atoms with Crippen molar-refractivity contribution in [3.63, 3.8) is 0 Å². The normalized spacial score (nSPS) is 15.3. The van der Waals surface area contributed by atoms with Gasteiger partial charge in [-0.25, -0.2) is 9.97 Å². The molecule has 0 aliphatic heterocycles. The number of carbonyl (C=O) groups is 1. The highest BCUT2D eigenvalue weighted by Crippen LogP contribution is 2.42. The van der Waals surface area contributed by atoms with E-state index in [0.29, 0.717) is 35.2 Å². The fourth-order valence-electron chi connectivity index (χ4n) is 4.30. The Kier molecular flexibility index (Phi) is 6.55. The predicted octanol–water partition coefficient (Wildman–Crippen LogP) is 4.77. The van der Waals surface area contributed by atoms with Gasteiger partial charge >= 0.3 is 5.97 Å². The number of aromatic nitrogens is 2. The summed E-state index contributed by atoms with van der Waals surface area (Å²) in [6.07, 6.45) is 7.61. The van der Waals surface area contributed by atoms with Gasteiger partial charge in [-0.15, -0.1) is 11.3 Å². The Morgan fingerprint density at radius 2 is 2.28 bits per heavy atom. The van der Waals surface area contributed by atoms with E-state index in [4.69, 9.17) is 21.0 Å². The molecule has 0 spiro atoms. The molecule has 5 N–H and O–H groups in total. The maximum Gasteiger partial charge on any atom is 0.303 e. The van der Waals surface area contributed by atoms with Crippen LogP contribution in [0.2, 0.25) is 0 Å². The summed E-state index contributed by atoms with van der Waals surface area (Å²) in [5, 5.41) is 21.0. The van der Waals surface area contributed by atoms with Gasteiger partial charge in [-0.1, -0.05) is 0 Å². The number of hydrogen-bond donors (Lipinski definition) is 4. The van der Waals surface area contributed by atoms with Crippen molar-refractivity contribution in [3.8, 4) is 5.75 Å². The quantitative estimate of drug-likeness (QED) is 0.271. The van der Waals surface area contributed by atoms with Gasteiger partial charge in [0.05, 0.1) is 17.7 Å². The second-order valence-corrected chi connectivity index (χ2v) is 9.06. The summed E-state index contributed by atoms with van der Waals surface area (Å²) in [5.74, 6) is 1.12. The van der Waals surface area contributed by atoms with Gasteiger partial charge in [-0.05, 0) is 56.6 Å². The monoisotopic (exact) mass is 453 g/mol. The van der Waals surface area contributed by atoms with Crippen LogP contribution < -0.4 is 15.8 Å². The highest BCUT2D eigenvalue weighted by molar-refractivity contribution is 7.19. The van der Waals surface area contributed by atoms with E-state index in [-0.39, 0.29) is 6.42 Å². The molecule has 9 heteroatoms. The number of nitrogens with two attached hydrogens (primary N) is 1. The number of thiophene rings is 1. The Morgan fingerprint density at radius 3 is 3.03 bits per heavy atom. The summed E-state index contributed by atoms with van der Waals surface area (Å²) in [4.78, 5) is 22.1. The van der Waals surface area contributed by atoms with Crippen molar-refractivity contribution in [1.29, 1.82) is 5.41 Å². The van der Waals surface area contributed by atoms with E-state index in [0.717, 1.165) is 48.1 Å². The molecule has 1 atom stereocenters. The van der Waals surface area contributed by atoms with Crippen molar-refractivity contribution >= 4 is 50.9 Å². The fraction of sp³-hybridized carbons (Fsp3) is 0.391. The number of hydrogen-bond acceptors (Lipinski definition) is 8. The summed E-state index contributed by atoms with van der Waals surface area (Å²) < 4.78 is 5.76. The Labute approximate surface area is 190 Å². The van der Waals surface area contributed by atoms with Crippen molar-refractivity contribution in [2.45, 2.75) is 45.4 Å². The summed E-state index contributed by atoms with van der Waals surface area (Å²) in [6.45, 7) is 2.41. The first-order chi connectivity index (χ1) is 15.5. The van der Waals surface area contributed by atoms with Crippen molar-refractivity contribution in [3.05, 3.63) is 34.5 Å². The number of rotatable bonds is 9. The topological polar surface area (TPSA) is 134 Å². The number of nitrogens with zero attached hydrogens (tertiary/aromatic N) is 2. The summed E-state index contributed by atoms with van der Waals surface area (Å²) >= 11 is 1.70. The average Bonchev–Trinajstić information content (AvgIpc) is 3.14. The molecular weight excluding hydrogens is 426 g/mol. The van der Waals surface area contributed by atoms with E-state index in [2.05, 4.69) is 15.3 Å². The lowest BCUT2D eigenvalue weighted by Crippen LogP contribution is -2.13. The number of fused-ring (bicyclic) bond motifs is 3. The van der Waals surface area contributed by atoms with Gasteiger partial charge in [0, 0.05) is 34.8 Å². The number of anilines is 3. The van der Waals surface area contributed by atoms with Crippen LogP contribution in [-0.2, 0) is 17.6 Å². The second-order valence-electron chi connectivity index (χ2n) is 7.98. The molecule has 2 heterocycles. The summed E-state index contributed by atoms with van der Waals surface area (Å²) in [6, 6.07) is 3.54. The highest BCUT2D eigenvalue weighted by Gasteiger charge is 2.25. The van der Waals surface area contributed by atoms with Gasteiger partial charge in [0.1, 0.15) is 22.7 Å². The molecular formula is C23H27N5O3S. The van der Waals surface area contributed by atoms with Gasteiger partial charge < -0.3 is 26.3 Å². The van der Waals surface area contributed by atoms with Gasteiger partial charge in [0.25, 0.3) is 0 Å². The molecule has 1 unspecified atom stereocenters. The Bertz CT molecular complexity index is 1160. The van der Waals surface area contributed by atoms with E-state index in [1.807, 2.05) is 6.92 Å². The number of aliphatic carboxylic acids is 1. The van der Waals surface area contributed by atoms with Crippen molar-refractivity contribution < 1.29 is 14.6 Å². The SMILES string of the molecule is CCOc1cc(N)c(C=N)cc1Nc1ncnc2sc3c(c12)CCC(CCCC(=O)O)C3. The zero-order valence-electron chi connectivity index (χ0n) is 18.0. The van der Waals surface area contributed by atoms with Crippen LogP contribution in [0.5, 0.6) is 5.75 Å². The summed E-state index contributed by atoms with van der Waals surface area (Å²) in [5.41, 5.74) is 9.13. The number of aryl methyl sites for hydroxylation is 1. The molecule has 32 heavy (non-hydrogen) atoms. The third kappa shape index (κ3) is 4.52. The largest absolute Gasteiger partial charge is 0.492 e. The maximum absolute atomic E-state index is 10.8. The molecule has 8 nitrogen and oxygen atoms in total. The summed E-state index contributed by atoms with van der Waals surface area (Å²) in [7, 11) is 0. The lowest BCUT2D eigenvalue weighted by atomic mass is 9.85. The number of nitrogens with one attached hydrogen (secondary N) is 2. The molecule has 4 rings (SSSR count). The van der Waals surface area contributed by atoms with Crippen molar-refractivity contribution in [1.82, 2.24) is 9.97 Å².